The van der Waals surface area contributed by atoms with E-state index in [1.54, 1.807) is 0 Å². The molecule has 1 aromatic carbocycles. The average Bonchev–Trinajstić information content (AvgIpc) is 2.50. The van der Waals surface area contributed by atoms with Crippen LogP contribution >= 0.6 is 0 Å². The van der Waals surface area contributed by atoms with E-state index in [1.807, 2.05) is 6.07 Å². The predicted octanol–water partition coefficient (Wildman–Crippen LogP) is 3.97. The predicted molar refractivity (Wildman–Crippen MR) is 81.2 cm³/mol. The molecule has 0 spiro atoms. The van der Waals surface area contributed by atoms with Crippen molar-refractivity contribution in [3.8, 4) is 0 Å². The molecule has 0 radical (unpaired) electrons. The Labute approximate surface area is 126 Å². The quantitative estimate of drug-likeness (QED) is 0.915. The fraction of sp³-hybridized carbons (Fsp3) is 0.611. The van der Waals surface area contributed by atoms with Crippen molar-refractivity contribution in [1.82, 2.24) is 0 Å². The number of aliphatic carboxylic acids is 1. The summed E-state index contributed by atoms with van der Waals surface area (Å²) in [4.78, 5) is 11.9. The van der Waals surface area contributed by atoms with Gasteiger partial charge in [-0.05, 0) is 55.6 Å². The Kier molecular flexibility index (Phi) is 4.03. The van der Waals surface area contributed by atoms with Crippen LogP contribution in [0.1, 0.15) is 56.3 Å². The molecule has 1 aliphatic carbocycles. The summed E-state index contributed by atoms with van der Waals surface area (Å²) in [7, 11) is 0. The van der Waals surface area contributed by atoms with Crippen LogP contribution in [0.15, 0.2) is 24.3 Å². The second-order valence-electron chi connectivity index (χ2n) is 6.78. The third kappa shape index (κ3) is 2.84. The van der Waals surface area contributed by atoms with Crippen LogP contribution in [0.25, 0.3) is 0 Å². The lowest BCUT2D eigenvalue weighted by atomic mass is 9.67. The van der Waals surface area contributed by atoms with Crippen molar-refractivity contribution < 1.29 is 14.6 Å². The van der Waals surface area contributed by atoms with E-state index in [9.17, 15) is 9.90 Å². The van der Waals surface area contributed by atoms with Crippen molar-refractivity contribution in [2.24, 2.45) is 11.3 Å². The lowest BCUT2D eigenvalue weighted by Crippen LogP contribution is -2.37. The molecule has 3 rings (SSSR count). The minimum absolute atomic E-state index is 0.0561. The summed E-state index contributed by atoms with van der Waals surface area (Å²) in [6.07, 6.45) is 5.09. The Morgan fingerprint density at radius 2 is 2.05 bits per heavy atom. The van der Waals surface area contributed by atoms with Gasteiger partial charge < -0.3 is 9.84 Å². The molecule has 0 amide bonds. The Hall–Kier alpha value is -1.35. The second kappa shape index (κ2) is 5.80. The van der Waals surface area contributed by atoms with Crippen LogP contribution in [0.4, 0.5) is 0 Å². The molecule has 0 saturated heterocycles. The van der Waals surface area contributed by atoms with Crippen LogP contribution in [-0.2, 0) is 16.0 Å². The summed E-state index contributed by atoms with van der Waals surface area (Å²) < 4.78 is 5.95. The first-order valence-corrected chi connectivity index (χ1v) is 8.03. The van der Waals surface area contributed by atoms with Crippen LogP contribution in [0, 0.1) is 11.3 Å². The van der Waals surface area contributed by atoms with Gasteiger partial charge in [-0.15, -0.1) is 0 Å². The molecule has 0 bridgehead atoms. The zero-order valence-corrected chi connectivity index (χ0v) is 12.7. The topological polar surface area (TPSA) is 46.5 Å². The van der Waals surface area contributed by atoms with E-state index in [2.05, 4.69) is 25.1 Å². The maximum Gasteiger partial charge on any atom is 0.309 e. The summed E-state index contributed by atoms with van der Waals surface area (Å²) in [5, 5.41) is 9.80. The molecule has 3 heteroatoms. The number of benzene rings is 1. The van der Waals surface area contributed by atoms with E-state index in [0.717, 1.165) is 32.1 Å². The van der Waals surface area contributed by atoms with Crippen molar-refractivity contribution in [3.63, 3.8) is 0 Å². The second-order valence-corrected chi connectivity index (χ2v) is 6.78. The minimum atomic E-state index is -0.638. The lowest BCUT2D eigenvalue weighted by Gasteiger charge is -2.39. The molecule has 1 atom stereocenters. The molecule has 21 heavy (non-hydrogen) atoms. The van der Waals surface area contributed by atoms with Crippen molar-refractivity contribution in [2.75, 3.05) is 6.61 Å². The van der Waals surface area contributed by atoms with Gasteiger partial charge in [0, 0.05) is 0 Å². The average molecular weight is 288 g/mol. The van der Waals surface area contributed by atoms with E-state index < -0.39 is 11.4 Å². The molecule has 0 aromatic heterocycles. The zero-order chi connectivity index (χ0) is 14.9. The van der Waals surface area contributed by atoms with Crippen LogP contribution in [-0.4, -0.2) is 17.7 Å². The molecule has 1 N–H and O–H groups in total. The van der Waals surface area contributed by atoms with Crippen molar-refractivity contribution >= 4 is 5.97 Å². The van der Waals surface area contributed by atoms with Crippen molar-refractivity contribution in [1.29, 1.82) is 0 Å². The Morgan fingerprint density at radius 3 is 2.76 bits per heavy atom. The Bertz CT molecular complexity index is 515. The van der Waals surface area contributed by atoms with Gasteiger partial charge in [0.1, 0.15) is 0 Å². The fourth-order valence-corrected chi connectivity index (χ4v) is 3.82. The van der Waals surface area contributed by atoms with Gasteiger partial charge in [0.15, 0.2) is 0 Å². The molecule has 1 unspecified atom stereocenters. The highest BCUT2D eigenvalue weighted by molar-refractivity contribution is 5.74. The van der Waals surface area contributed by atoms with Gasteiger partial charge in [-0.2, -0.15) is 0 Å². The van der Waals surface area contributed by atoms with Gasteiger partial charge in [0.25, 0.3) is 0 Å². The van der Waals surface area contributed by atoms with Gasteiger partial charge in [-0.25, -0.2) is 0 Å². The number of hydrogen-bond acceptors (Lipinski definition) is 2. The van der Waals surface area contributed by atoms with E-state index >= 15 is 0 Å². The summed E-state index contributed by atoms with van der Waals surface area (Å²) >= 11 is 0. The molecule has 2 aliphatic rings. The molecule has 1 fully saturated rings. The number of ether oxygens (including phenoxy) is 1. The molecule has 3 nitrogen and oxygen atoms in total. The number of carboxylic acid groups (broad SMARTS) is 1. The Balaban J connectivity index is 1.83. The molecule has 1 saturated carbocycles. The maximum atomic E-state index is 11.9. The van der Waals surface area contributed by atoms with E-state index in [4.69, 9.17) is 4.74 Å². The van der Waals surface area contributed by atoms with Gasteiger partial charge in [0.2, 0.25) is 0 Å². The first-order valence-electron chi connectivity index (χ1n) is 8.03. The zero-order valence-electron chi connectivity index (χ0n) is 12.7. The number of carboxylic acids is 1. The van der Waals surface area contributed by atoms with Crippen molar-refractivity contribution in [3.05, 3.63) is 35.4 Å². The molecule has 114 valence electrons. The molecule has 1 heterocycles. The minimum Gasteiger partial charge on any atom is -0.481 e. The van der Waals surface area contributed by atoms with Gasteiger partial charge in [-0.1, -0.05) is 31.2 Å². The highest BCUT2D eigenvalue weighted by atomic mass is 16.5. The highest BCUT2D eigenvalue weighted by Crippen LogP contribution is 2.47. The maximum absolute atomic E-state index is 11.9. The summed E-state index contributed by atoms with van der Waals surface area (Å²) in [6, 6.07) is 8.31. The molecule has 1 aliphatic heterocycles. The number of fused-ring (bicyclic) bond motifs is 1. The van der Waals surface area contributed by atoms with Crippen LogP contribution < -0.4 is 0 Å². The summed E-state index contributed by atoms with van der Waals surface area (Å²) in [6.45, 7) is 2.92. The third-order valence-corrected chi connectivity index (χ3v) is 5.35. The monoisotopic (exact) mass is 288 g/mol. The summed E-state index contributed by atoms with van der Waals surface area (Å²) in [5.41, 5.74) is 1.92. The van der Waals surface area contributed by atoms with Crippen molar-refractivity contribution in [2.45, 2.75) is 51.6 Å². The first kappa shape index (κ1) is 14.6. The molecule has 1 aromatic rings. The molecular weight excluding hydrogens is 264 g/mol. The van der Waals surface area contributed by atoms with Gasteiger partial charge >= 0.3 is 5.97 Å². The smallest absolute Gasteiger partial charge is 0.309 e. The standard InChI is InChI=1S/C18H24O3/c1-13-6-9-18(10-7-13,17(19)20)12-16-15-5-3-2-4-14(15)8-11-21-16/h2-5,13,16H,6-12H2,1H3,(H,19,20). The van der Waals surface area contributed by atoms with E-state index in [-0.39, 0.29) is 6.10 Å². The highest BCUT2D eigenvalue weighted by Gasteiger charge is 2.44. The largest absolute Gasteiger partial charge is 0.481 e. The lowest BCUT2D eigenvalue weighted by molar-refractivity contribution is -0.155. The Morgan fingerprint density at radius 1 is 1.33 bits per heavy atom. The normalized spacial score (nSPS) is 32.4. The number of carbonyl (C=O) groups is 1. The number of rotatable bonds is 3. The number of hydrogen-bond donors (Lipinski definition) is 1. The third-order valence-electron chi connectivity index (χ3n) is 5.35. The van der Waals surface area contributed by atoms with E-state index in [0.29, 0.717) is 18.9 Å². The van der Waals surface area contributed by atoms with Gasteiger partial charge in [-0.3, -0.25) is 4.79 Å². The fourth-order valence-electron chi connectivity index (χ4n) is 3.82. The van der Waals surface area contributed by atoms with Crippen LogP contribution in [0.2, 0.25) is 0 Å². The van der Waals surface area contributed by atoms with E-state index in [1.165, 1.54) is 11.1 Å². The van der Waals surface area contributed by atoms with Crippen LogP contribution in [0.5, 0.6) is 0 Å². The van der Waals surface area contributed by atoms with Crippen LogP contribution in [0.3, 0.4) is 0 Å². The summed E-state index contributed by atoms with van der Waals surface area (Å²) in [5.74, 6) is 0.0121. The van der Waals surface area contributed by atoms with Gasteiger partial charge in [0.05, 0.1) is 18.1 Å². The molecular formula is C18H24O3. The first-order chi connectivity index (χ1) is 10.1. The SMILES string of the molecule is CC1CCC(CC2OCCc3ccccc32)(C(=O)O)CC1.